The van der Waals surface area contributed by atoms with Gasteiger partial charge in [0.05, 0.1) is 6.26 Å². The number of benzene rings is 1. The molecule has 0 atom stereocenters. The van der Waals surface area contributed by atoms with Crippen molar-refractivity contribution in [3.63, 3.8) is 0 Å². The van der Waals surface area contributed by atoms with E-state index in [1.54, 1.807) is 0 Å². The van der Waals surface area contributed by atoms with E-state index >= 15 is 0 Å². The lowest BCUT2D eigenvalue weighted by Gasteiger charge is -2.32. The zero-order valence-corrected chi connectivity index (χ0v) is 14.1. The van der Waals surface area contributed by atoms with Crippen LogP contribution < -0.4 is 0 Å². The number of piperidine rings is 1. The number of amides is 1. The first-order chi connectivity index (χ1) is 10.4. The molecule has 1 amide bonds. The van der Waals surface area contributed by atoms with Crippen molar-refractivity contribution in [1.82, 2.24) is 9.21 Å². The maximum Gasteiger partial charge on any atom is 0.226 e. The van der Waals surface area contributed by atoms with Crippen LogP contribution in [-0.2, 0) is 21.4 Å². The maximum absolute atomic E-state index is 12.6. The Kier molecular flexibility index (Phi) is 5.58. The van der Waals surface area contributed by atoms with Crippen molar-refractivity contribution in [2.24, 2.45) is 5.92 Å². The Morgan fingerprint density at radius 2 is 1.82 bits per heavy atom. The SMILES string of the molecule is CCN(Cc1ccccc1)C(=O)C1CCN(S(C)(=O)=O)CC1. The van der Waals surface area contributed by atoms with Crippen molar-refractivity contribution < 1.29 is 13.2 Å². The molecule has 2 rings (SSSR count). The molecule has 0 aliphatic carbocycles. The fraction of sp³-hybridized carbons (Fsp3) is 0.562. The lowest BCUT2D eigenvalue weighted by molar-refractivity contribution is -0.137. The second-order valence-electron chi connectivity index (χ2n) is 5.77. The molecule has 0 N–H and O–H groups in total. The Hall–Kier alpha value is -1.40. The van der Waals surface area contributed by atoms with Crippen molar-refractivity contribution in [2.75, 3.05) is 25.9 Å². The van der Waals surface area contributed by atoms with Gasteiger partial charge in [-0.3, -0.25) is 4.79 Å². The molecule has 0 radical (unpaired) electrons. The van der Waals surface area contributed by atoms with Gasteiger partial charge in [0.25, 0.3) is 0 Å². The van der Waals surface area contributed by atoms with Gasteiger partial charge in [0.2, 0.25) is 15.9 Å². The molecule has 1 aromatic rings. The Balaban J connectivity index is 1.95. The Morgan fingerprint density at radius 1 is 1.23 bits per heavy atom. The van der Waals surface area contributed by atoms with Gasteiger partial charge in [0, 0.05) is 32.1 Å². The number of rotatable bonds is 5. The van der Waals surface area contributed by atoms with Gasteiger partial charge in [-0.05, 0) is 25.3 Å². The summed E-state index contributed by atoms with van der Waals surface area (Å²) in [5.74, 6) is 0.0705. The number of hydrogen-bond acceptors (Lipinski definition) is 3. The van der Waals surface area contributed by atoms with Crippen LogP contribution in [0.2, 0.25) is 0 Å². The Bertz CT molecular complexity index is 593. The lowest BCUT2D eigenvalue weighted by Crippen LogP contribution is -2.43. The largest absolute Gasteiger partial charge is 0.338 e. The second-order valence-corrected chi connectivity index (χ2v) is 7.76. The van der Waals surface area contributed by atoms with E-state index in [1.165, 1.54) is 10.6 Å². The molecule has 1 fully saturated rings. The summed E-state index contributed by atoms with van der Waals surface area (Å²) in [6.07, 6.45) is 2.44. The normalized spacial score (nSPS) is 17.4. The van der Waals surface area contributed by atoms with Crippen LogP contribution in [0, 0.1) is 5.92 Å². The van der Waals surface area contributed by atoms with Gasteiger partial charge in [-0.2, -0.15) is 0 Å². The zero-order valence-electron chi connectivity index (χ0n) is 13.2. The van der Waals surface area contributed by atoms with Gasteiger partial charge in [0.15, 0.2) is 0 Å². The first-order valence-corrected chi connectivity index (χ1v) is 9.54. The molecule has 22 heavy (non-hydrogen) atoms. The second kappa shape index (κ2) is 7.24. The van der Waals surface area contributed by atoms with E-state index in [0.29, 0.717) is 39.0 Å². The molecule has 0 aromatic heterocycles. The van der Waals surface area contributed by atoms with Crippen molar-refractivity contribution in [2.45, 2.75) is 26.3 Å². The zero-order chi connectivity index (χ0) is 16.2. The molecular formula is C16H24N2O3S. The highest BCUT2D eigenvalue weighted by Crippen LogP contribution is 2.22. The van der Waals surface area contributed by atoms with Crippen molar-refractivity contribution in [3.05, 3.63) is 35.9 Å². The molecule has 1 aromatic carbocycles. The number of hydrogen-bond donors (Lipinski definition) is 0. The van der Waals surface area contributed by atoms with Gasteiger partial charge in [-0.25, -0.2) is 12.7 Å². The van der Waals surface area contributed by atoms with Crippen molar-refractivity contribution in [3.8, 4) is 0 Å². The molecule has 6 heteroatoms. The van der Waals surface area contributed by atoms with E-state index in [2.05, 4.69) is 0 Å². The monoisotopic (exact) mass is 324 g/mol. The first-order valence-electron chi connectivity index (χ1n) is 7.69. The third kappa shape index (κ3) is 4.30. The van der Waals surface area contributed by atoms with Crippen LogP contribution in [0.4, 0.5) is 0 Å². The van der Waals surface area contributed by atoms with E-state index in [1.807, 2.05) is 42.2 Å². The number of nitrogens with zero attached hydrogens (tertiary/aromatic N) is 2. The molecule has 0 spiro atoms. The molecule has 5 nitrogen and oxygen atoms in total. The average Bonchev–Trinajstić information content (AvgIpc) is 2.52. The predicted octanol–water partition coefficient (Wildman–Crippen LogP) is 1.71. The minimum atomic E-state index is -3.14. The van der Waals surface area contributed by atoms with Crippen LogP contribution >= 0.6 is 0 Å². The first kappa shape index (κ1) is 17.0. The minimum absolute atomic E-state index is 0.0679. The summed E-state index contributed by atoms with van der Waals surface area (Å²) < 4.78 is 24.5. The standard InChI is InChI=1S/C16H24N2O3S/c1-3-17(13-14-7-5-4-6-8-14)16(19)15-9-11-18(12-10-15)22(2,20)21/h4-8,15H,3,9-13H2,1-2H3. The van der Waals surface area contributed by atoms with Gasteiger partial charge >= 0.3 is 0 Å². The number of carbonyl (C=O) groups is 1. The van der Waals surface area contributed by atoms with Gasteiger partial charge in [-0.1, -0.05) is 30.3 Å². The van der Waals surface area contributed by atoms with E-state index < -0.39 is 10.0 Å². The average molecular weight is 324 g/mol. The third-order valence-corrected chi connectivity index (χ3v) is 5.49. The third-order valence-electron chi connectivity index (χ3n) is 4.18. The summed E-state index contributed by atoms with van der Waals surface area (Å²) in [5.41, 5.74) is 1.12. The maximum atomic E-state index is 12.6. The summed E-state index contributed by atoms with van der Waals surface area (Å²) in [4.78, 5) is 14.5. The Labute approximate surface area is 133 Å². The molecule has 1 heterocycles. The highest BCUT2D eigenvalue weighted by molar-refractivity contribution is 7.88. The van der Waals surface area contributed by atoms with Gasteiger partial charge in [0.1, 0.15) is 0 Å². The van der Waals surface area contributed by atoms with Crippen LogP contribution in [-0.4, -0.2) is 49.4 Å². The van der Waals surface area contributed by atoms with Crippen LogP contribution in [0.25, 0.3) is 0 Å². The van der Waals surface area contributed by atoms with Gasteiger partial charge in [-0.15, -0.1) is 0 Å². The number of sulfonamides is 1. The molecule has 1 aliphatic rings. The molecule has 1 saturated heterocycles. The van der Waals surface area contributed by atoms with E-state index in [-0.39, 0.29) is 11.8 Å². The summed E-state index contributed by atoms with van der Waals surface area (Å²) in [6, 6.07) is 9.93. The molecule has 0 unspecified atom stereocenters. The predicted molar refractivity (Wildman–Crippen MR) is 86.7 cm³/mol. The van der Waals surface area contributed by atoms with Crippen molar-refractivity contribution in [1.29, 1.82) is 0 Å². The van der Waals surface area contributed by atoms with Crippen LogP contribution in [0.5, 0.6) is 0 Å². The molecular weight excluding hydrogens is 300 g/mol. The smallest absolute Gasteiger partial charge is 0.226 e. The summed E-state index contributed by atoms with van der Waals surface area (Å²) in [7, 11) is -3.14. The Morgan fingerprint density at radius 3 is 2.32 bits per heavy atom. The summed E-state index contributed by atoms with van der Waals surface area (Å²) >= 11 is 0. The summed E-state index contributed by atoms with van der Waals surface area (Å²) in [5, 5.41) is 0. The summed E-state index contributed by atoms with van der Waals surface area (Å²) in [6.45, 7) is 4.14. The fourth-order valence-corrected chi connectivity index (χ4v) is 3.72. The molecule has 122 valence electrons. The molecule has 0 bridgehead atoms. The topological polar surface area (TPSA) is 57.7 Å². The molecule has 1 aliphatic heterocycles. The quantitative estimate of drug-likeness (QED) is 0.828. The number of carbonyl (C=O) groups excluding carboxylic acids is 1. The van der Waals surface area contributed by atoms with E-state index in [4.69, 9.17) is 0 Å². The van der Waals surface area contributed by atoms with Crippen LogP contribution in [0.3, 0.4) is 0 Å². The fourth-order valence-electron chi connectivity index (χ4n) is 2.84. The highest BCUT2D eigenvalue weighted by atomic mass is 32.2. The van der Waals surface area contributed by atoms with Gasteiger partial charge < -0.3 is 4.90 Å². The van der Waals surface area contributed by atoms with Crippen LogP contribution in [0.1, 0.15) is 25.3 Å². The minimum Gasteiger partial charge on any atom is -0.338 e. The van der Waals surface area contributed by atoms with E-state index in [9.17, 15) is 13.2 Å². The van der Waals surface area contributed by atoms with E-state index in [0.717, 1.165) is 5.56 Å². The molecule has 0 saturated carbocycles. The van der Waals surface area contributed by atoms with Crippen molar-refractivity contribution >= 4 is 15.9 Å². The lowest BCUT2D eigenvalue weighted by atomic mass is 9.96. The highest BCUT2D eigenvalue weighted by Gasteiger charge is 2.30. The van der Waals surface area contributed by atoms with Crippen LogP contribution in [0.15, 0.2) is 30.3 Å².